The number of hydrogen-bond acceptors (Lipinski definition) is 2. The predicted octanol–water partition coefficient (Wildman–Crippen LogP) is 2.71. The fourth-order valence-corrected chi connectivity index (χ4v) is 1.67. The molecule has 78 valence electrons. The third-order valence-corrected chi connectivity index (χ3v) is 2.40. The van der Waals surface area contributed by atoms with Crippen molar-refractivity contribution in [1.29, 1.82) is 0 Å². The summed E-state index contributed by atoms with van der Waals surface area (Å²) in [6, 6.07) is 10.2. The van der Waals surface area contributed by atoms with Gasteiger partial charge in [-0.2, -0.15) is 5.10 Å². The molecule has 0 amide bonds. The second-order valence-corrected chi connectivity index (χ2v) is 3.84. The molecule has 0 unspecified atom stereocenters. The highest BCUT2D eigenvalue weighted by Crippen LogP contribution is 2.26. The van der Waals surface area contributed by atoms with Crippen molar-refractivity contribution >= 4 is 5.69 Å². The Bertz CT molecular complexity index is 457. The van der Waals surface area contributed by atoms with E-state index >= 15 is 0 Å². The van der Waals surface area contributed by atoms with E-state index in [1.807, 2.05) is 41.2 Å². The van der Waals surface area contributed by atoms with E-state index in [4.69, 9.17) is 5.73 Å². The van der Waals surface area contributed by atoms with Gasteiger partial charge in [0.1, 0.15) is 0 Å². The van der Waals surface area contributed by atoms with Crippen LogP contribution in [0.15, 0.2) is 36.5 Å². The van der Waals surface area contributed by atoms with Crippen LogP contribution >= 0.6 is 0 Å². The van der Waals surface area contributed by atoms with E-state index in [9.17, 15) is 0 Å². The summed E-state index contributed by atoms with van der Waals surface area (Å²) < 4.78 is 1.98. The second kappa shape index (κ2) is 3.77. The molecular weight excluding hydrogens is 186 g/mol. The monoisotopic (exact) mass is 201 g/mol. The van der Waals surface area contributed by atoms with Gasteiger partial charge in [-0.1, -0.05) is 18.2 Å². The Labute approximate surface area is 89.5 Å². The van der Waals surface area contributed by atoms with Gasteiger partial charge >= 0.3 is 0 Å². The summed E-state index contributed by atoms with van der Waals surface area (Å²) in [5, 5.41) is 4.29. The summed E-state index contributed by atoms with van der Waals surface area (Å²) in [6.07, 6.45) is 1.81. The SMILES string of the molecule is CC(C)n1nccc1-c1ccccc1N. The van der Waals surface area contributed by atoms with E-state index in [1.54, 1.807) is 0 Å². The van der Waals surface area contributed by atoms with Crippen molar-refractivity contribution in [2.75, 3.05) is 5.73 Å². The molecule has 0 radical (unpaired) electrons. The summed E-state index contributed by atoms with van der Waals surface area (Å²) >= 11 is 0. The highest BCUT2D eigenvalue weighted by Gasteiger charge is 2.09. The normalized spacial score (nSPS) is 10.9. The van der Waals surface area contributed by atoms with Gasteiger partial charge in [-0.15, -0.1) is 0 Å². The number of aromatic nitrogens is 2. The van der Waals surface area contributed by atoms with Crippen LogP contribution in [0, 0.1) is 0 Å². The van der Waals surface area contributed by atoms with Gasteiger partial charge in [0.05, 0.1) is 5.69 Å². The average molecular weight is 201 g/mol. The summed E-state index contributed by atoms with van der Waals surface area (Å²) in [5.74, 6) is 0. The summed E-state index contributed by atoms with van der Waals surface area (Å²) in [5.41, 5.74) is 8.85. The molecule has 2 rings (SSSR count). The van der Waals surface area contributed by atoms with Crippen LogP contribution in [0.25, 0.3) is 11.3 Å². The molecule has 0 aliphatic heterocycles. The molecule has 1 heterocycles. The van der Waals surface area contributed by atoms with Crippen molar-refractivity contribution in [3.8, 4) is 11.3 Å². The van der Waals surface area contributed by atoms with Crippen LogP contribution in [0.1, 0.15) is 19.9 Å². The maximum Gasteiger partial charge on any atom is 0.0705 e. The molecule has 15 heavy (non-hydrogen) atoms. The lowest BCUT2D eigenvalue weighted by atomic mass is 10.1. The van der Waals surface area contributed by atoms with Gasteiger partial charge < -0.3 is 5.73 Å². The van der Waals surface area contributed by atoms with Crippen LogP contribution in [0.4, 0.5) is 5.69 Å². The molecule has 0 aliphatic rings. The van der Waals surface area contributed by atoms with Crippen LogP contribution in [-0.2, 0) is 0 Å². The Hall–Kier alpha value is -1.77. The van der Waals surface area contributed by atoms with E-state index in [2.05, 4.69) is 18.9 Å². The Morgan fingerprint density at radius 2 is 1.93 bits per heavy atom. The maximum atomic E-state index is 5.94. The van der Waals surface area contributed by atoms with Crippen molar-refractivity contribution in [2.24, 2.45) is 0 Å². The molecule has 0 fully saturated rings. The fourth-order valence-electron chi connectivity index (χ4n) is 1.67. The summed E-state index contributed by atoms with van der Waals surface area (Å²) in [6.45, 7) is 4.21. The molecule has 1 aromatic heterocycles. The van der Waals surface area contributed by atoms with Crippen LogP contribution in [-0.4, -0.2) is 9.78 Å². The Morgan fingerprint density at radius 3 is 2.60 bits per heavy atom. The van der Waals surface area contributed by atoms with Gasteiger partial charge in [-0.05, 0) is 26.0 Å². The average Bonchev–Trinajstić information content (AvgIpc) is 2.67. The summed E-state index contributed by atoms with van der Waals surface area (Å²) in [4.78, 5) is 0. The molecule has 0 atom stereocenters. The highest BCUT2D eigenvalue weighted by atomic mass is 15.3. The lowest BCUT2D eigenvalue weighted by Gasteiger charge is -2.12. The number of hydrogen-bond donors (Lipinski definition) is 1. The van der Waals surface area contributed by atoms with Gasteiger partial charge in [-0.25, -0.2) is 0 Å². The van der Waals surface area contributed by atoms with Crippen LogP contribution in [0.2, 0.25) is 0 Å². The third kappa shape index (κ3) is 1.73. The molecule has 0 bridgehead atoms. The minimum absolute atomic E-state index is 0.342. The first kappa shape index (κ1) is 9.77. The van der Waals surface area contributed by atoms with Gasteiger partial charge in [0.25, 0.3) is 0 Å². The highest BCUT2D eigenvalue weighted by molar-refractivity contribution is 5.73. The number of anilines is 1. The first-order chi connectivity index (χ1) is 7.20. The van der Waals surface area contributed by atoms with Gasteiger partial charge in [0.2, 0.25) is 0 Å². The molecule has 0 spiro atoms. The lowest BCUT2D eigenvalue weighted by molar-refractivity contribution is 0.538. The second-order valence-electron chi connectivity index (χ2n) is 3.84. The van der Waals surface area contributed by atoms with Gasteiger partial charge in [0, 0.05) is 23.5 Å². The van der Waals surface area contributed by atoms with Crippen molar-refractivity contribution < 1.29 is 0 Å². The molecule has 3 nitrogen and oxygen atoms in total. The van der Waals surface area contributed by atoms with Crippen LogP contribution in [0.3, 0.4) is 0 Å². The van der Waals surface area contributed by atoms with Crippen LogP contribution < -0.4 is 5.73 Å². The number of rotatable bonds is 2. The van der Waals surface area contributed by atoms with E-state index in [-0.39, 0.29) is 0 Å². The molecular formula is C12H15N3. The van der Waals surface area contributed by atoms with E-state index < -0.39 is 0 Å². The maximum absolute atomic E-state index is 5.94. The number of nitrogens with zero attached hydrogens (tertiary/aromatic N) is 2. The number of benzene rings is 1. The molecule has 1 aromatic carbocycles. The zero-order chi connectivity index (χ0) is 10.8. The minimum atomic E-state index is 0.342. The Balaban J connectivity index is 2.55. The lowest BCUT2D eigenvalue weighted by Crippen LogP contribution is -2.05. The third-order valence-electron chi connectivity index (χ3n) is 2.40. The number of para-hydroxylation sites is 1. The van der Waals surface area contributed by atoms with Crippen molar-refractivity contribution in [2.45, 2.75) is 19.9 Å². The fraction of sp³-hybridized carbons (Fsp3) is 0.250. The summed E-state index contributed by atoms with van der Waals surface area (Å²) in [7, 11) is 0. The zero-order valence-corrected chi connectivity index (χ0v) is 9.01. The number of nitrogens with two attached hydrogens (primary N) is 1. The predicted molar refractivity (Wildman–Crippen MR) is 62.5 cm³/mol. The van der Waals surface area contributed by atoms with E-state index in [1.165, 1.54) is 0 Å². The zero-order valence-electron chi connectivity index (χ0n) is 9.01. The Morgan fingerprint density at radius 1 is 1.20 bits per heavy atom. The Kier molecular flexibility index (Phi) is 2.46. The molecule has 0 saturated heterocycles. The quantitative estimate of drug-likeness (QED) is 0.759. The first-order valence-electron chi connectivity index (χ1n) is 5.08. The standard InChI is InChI=1S/C12H15N3/c1-9(2)15-12(7-8-14-15)10-5-3-4-6-11(10)13/h3-9H,13H2,1-2H3. The van der Waals surface area contributed by atoms with E-state index in [0.29, 0.717) is 6.04 Å². The van der Waals surface area contributed by atoms with Crippen LogP contribution in [0.5, 0.6) is 0 Å². The molecule has 2 N–H and O–H groups in total. The van der Waals surface area contributed by atoms with E-state index in [0.717, 1.165) is 16.9 Å². The molecule has 3 heteroatoms. The molecule has 0 aliphatic carbocycles. The first-order valence-corrected chi connectivity index (χ1v) is 5.08. The van der Waals surface area contributed by atoms with Crippen molar-refractivity contribution in [3.05, 3.63) is 36.5 Å². The number of nitrogen functional groups attached to an aromatic ring is 1. The van der Waals surface area contributed by atoms with Gasteiger partial charge in [0.15, 0.2) is 0 Å². The largest absolute Gasteiger partial charge is 0.398 e. The minimum Gasteiger partial charge on any atom is -0.398 e. The molecule has 2 aromatic rings. The smallest absolute Gasteiger partial charge is 0.0705 e. The molecule has 0 saturated carbocycles. The van der Waals surface area contributed by atoms with Crippen molar-refractivity contribution in [1.82, 2.24) is 9.78 Å². The van der Waals surface area contributed by atoms with Gasteiger partial charge in [-0.3, -0.25) is 4.68 Å². The topological polar surface area (TPSA) is 43.8 Å². The van der Waals surface area contributed by atoms with Crippen molar-refractivity contribution in [3.63, 3.8) is 0 Å².